The lowest BCUT2D eigenvalue weighted by Gasteiger charge is -2.08. The molecule has 0 radical (unpaired) electrons. The van der Waals surface area contributed by atoms with E-state index in [1.165, 1.54) is 36.5 Å². The van der Waals surface area contributed by atoms with Gasteiger partial charge in [-0.1, -0.05) is 103 Å². The van der Waals surface area contributed by atoms with Crippen molar-refractivity contribution in [3.8, 4) is 39.9 Å². The highest BCUT2D eigenvalue weighted by Gasteiger charge is 2.18. The fourth-order valence-corrected chi connectivity index (χ4v) is 8.59. The van der Waals surface area contributed by atoms with Crippen molar-refractivity contribution in [2.45, 2.75) is 0 Å². The third-order valence-electron chi connectivity index (χ3n) is 9.84. The molecule has 0 unspecified atom stereocenters. The van der Waals surface area contributed by atoms with E-state index in [4.69, 9.17) is 19.4 Å². The Morgan fingerprint density at radius 1 is 0.392 bits per heavy atom. The number of hydrogen-bond donors (Lipinski definition) is 0. The lowest BCUT2D eigenvalue weighted by molar-refractivity contribution is 0.669. The quantitative estimate of drug-likeness (QED) is 0.187. The molecule has 0 saturated carbocycles. The van der Waals surface area contributed by atoms with E-state index in [0.29, 0.717) is 17.5 Å². The summed E-state index contributed by atoms with van der Waals surface area (Å²) in [6.07, 6.45) is 0. The van der Waals surface area contributed by atoms with Gasteiger partial charge in [0.05, 0.1) is 11.0 Å². The van der Waals surface area contributed by atoms with Crippen LogP contribution in [-0.4, -0.2) is 19.5 Å². The van der Waals surface area contributed by atoms with Crippen molar-refractivity contribution in [2.24, 2.45) is 0 Å². The van der Waals surface area contributed by atoms with E-state index in [1.54, 1.807) is 11.3 Å². The highest BCUT2D eigenvalue weighted by molar-refractivity contribution is 7.25. The molecule has 0 saturated heterocycles. The summed E-state index contributed by atoms with van der Waals surface area (Å²) < 4.78 is 11.4. The van der Waals surface area contributed by atoms with Crippen molar-refractivity contribution < 1.29 is 4.42 Å². The summed E-state index contributed by atoms with van der Waals surface area (Å²) in [7, 11) is 0. The fourth-order valence-electron chi connectivity index (χ4n) is 7.45. The Balaban J connectivity index is 1.09. The minimum absolute atomic E-state index is 0.601. The van der Waals surface area contributed by atoms with Crippen LogP contribution in [0.1, 0.15) is 0 Å². The minimum atomic E-state index is 0.601. The molecule has 0 spiro atoms. The smallest absolute Gasteiger partial charge is 0.164 e. The molecule has 7 aromatic carbocycles. The van der Waals surface area contributed by atoms with Crippen LogP contribution in [0.2, 0.25) is 0 Å². The maximum Gasteiger partial charge on any atom is 0.164 e. The second-order valence-corrected chi connectivity index (χ2v) is 13.9. The molecule has 4 heterocycles. The third kappa shape index (κ3) is 4.43. The van der Waals surface area contributed by atoms with E-state index in [2.05, 4.69) is 132 Å². The number of nitrogens with zero attached hydrogens (tertiary/aromatic N) is 4. The Morgan fingerprint density at radius 3 is 1.80 bits per heavy atom. The summed E-state index contributed by atoms with van der Waals surface area (Å²) in [4.78, 5) is 15.1. The van der Waals surface area contributed by atoms with Gasteiger partial charge in [-0.25, -0.2) is 15.0 Å². The molecule has 0 N–H and O–H groups in total. The first-order valence-electron chi connectivity index (χ1n) is 16.9. The van der Waals surface area contributed by atoms with E-state index in [1.807, 2.05) is 30.3 Å². The average Bonchev–Trinajstić information content (AvgIpc) is 3.85. The Morgan fingerprint density at radius 2 is 1.00 bits per heavy atom. The van der Waals surface area contributed by atoms with E-state index >= 15 is 0 Å². The molecule has 4 aromatic heterocycles. The first-order valence-corrected chi connectivity index (χ1v) is 17.8. The zero-order valence-corrected chi connectivity index (χ0v) is 27.9. The molecule has 5 nitrogen and oxygen atoms in total. The molecule has 11 rings (SSSR count). The van der Waals surface area contributed by atoms with E-state index in [0.717, 1.165) is 49.8 Å². The van der Waals surface area contributed by atoms with Gasteiger partial charge in [0.25, 0.3) is 0 Å². The van der Waals surface area contributed by atoms with Gasteiger partial charge < -0.3 is 8.98 Å². The zero-order valence-electron chi connectivity index (χ0n) is 27.1. The summed E-state index contributed by atoms with van der Waals surface area (Å²) in [5.74, 6) is 1.87. The molecule has 6 heteroatoms. The van der Waals surface area contributed by atoms with Crippen molar-refractivity contribution in [3.63, 3.8) is 0 Å². The number of fused-ring (bicyclic) bond motifs is 9. The maximum absolute atomic E-state index is 6.63. The number of aromatic nitrogens is 4. The molecule has 0 aliphatic rings. The van der Waals surface area contributed by atoms with Crippen molar-refractivity contribution in [1.29, 1.82) is 0 Å². The first-order chi connectivity index (χ1) is 25.2. The summed E-state index contributed by atoms with van der Waals surface area (Å²) in [6, 6.07) is 55.0. The van der Waals surface area contributed by atoms with Gasteiger partial charge in [-0.3, -0.25) is 0 Å². The maximum atomic E-state index is 6.63. The number of benzene rings is 7. The van der Waals surface area contributed by atoms with Crippen LogP contribution in [0.4, 0.5) is 0 Å². The monoisotopic (exact) mass is 670 g/mol. The van der Waals surface area contributed by atoms with Gasteiger partial charge in [0.2, 0.25) is 0 Å². The van der Waals surface area contributed by atoms with E-state index in [9.17, 15) is 0 Å². The topological polar surface area (TPSA) is 56.7 Å². The summed E-state index contributed by atoms with van der Waals surface area (Å²) in [5.41, 5.74) is 7.80. The summed E-state index contributed by atoms with van der Waals surface area (Å²) in [6.45, 7) is 0. The zero-order chi connectivity index (χ0) is 33.5. The van der Waals surface area contributed by atoms with Gasteiger partial charge in [-0.15, -0.1) is 11.3 Å². The Kier molecular flexibility index (Phi) is 6.05. The van der Waals surface area contributed by atoms with Crippen LogP contribution in [0.5, 0.6) is 0 Å². The summed E-state index contributed by atoms with van der Waals surface area (Å²) >= 11 is 1.79. The lowest BCUT2D eigenvalue weighted by Crippen LogP contribution is -2.00. The van der Waals surface area contributed by atoms with Crippen LogP contribution in [0.3, 0.4) is 0 Å². The number of furan rings is 1. The van der Waals surface area contributed by atoms with Crippen molar-refractivity contribution >= 4 is 75.3 Å². The second-order valence-electron chi connectivity index (χ2n) is 12.8. The SMILES string of the molecule is c1ccc(-c2nc(-c3ccc4c(c3)oc3cc5c(cc34)c3ccccc3n5-c3ccccc3)nc(-c3ccc4c(c3)sc3ccccc34)n2)cc1. The van der Waals surface area contributed by atoms with Gasteiger partial charge in [0.1, 0.15) is 11.2 Å². The molecule has 51 heavy (non-hydrogen) atoms. The fraction of sp³-hybridized carbons (Fsp3) is 0. The van der Waals surface area contributed by atoms with Crippen LogP contribution in [0.15, 0.2) is 162 Å². The lowest BCUT2D eigenvalue weighted by atomic mass is 10.1. The van der Waals surface area contributed by atoms with Gasteiger partial charge in [-0.2, -0.15) is 0 Å². The van der Waals surface area contributed by atoms with Gasteiger partial charge in [0.15, 0.2) is 17.5 Å². The molecular formula is C45H26N4OS. The third-order valence-corrected chi connectivity index (χ3v) is 11.0. The molecular weight excluding hydrogens is 645 g/mol. The van der Waals surface area contributed by atoms with Gasteiger partial charge >= 0.3 is 0 Å². The minimum Gasteiger partial charge on any atom is -0.456 e. The summed E-state index contributed by atoms with van der Waals surface area (Å²) in [5, 5.41) is 7.06. The molecule has 0 aliphatic carbocycles. The van der Waals surface area contributed by atoms with Gasteiger partial charge in [0, 0.05) is 70.2 Å². The number of thiophene rings is 1. The van der Waals surface area contributed by atoms with E-state index in [-0.39, 0.29) is 0 Å². The van der Waals surface area contributed by atoms with Crippen LogP contribution in [0.25, 0.3) is 104 Å². The second kappa shape index (κ2) is 10.9. The normalized spacial score (nSPS) is 11.9. The Bertz CT molecular complexity index is 3140. The Hall–Kier alpha value is -6.63. The van der Waals surface area contributed by atoms with Crippen LogP contribution < -0.4 is 0 Å². The molecule has 0 atom stereocenters. The van der Waals surface area contributed by atoms with Crippen molar-refractivity contribution in [1.82, 2.24) is 19.5 Å². The van der Waals surface area contributed by atoms with Crippen molar-refractivity contribution in [3.05, 3.63) is 158 Å². The van der Waals surface area contributed by atoms with Crippen LogP contribution in [0, 0.1) is 0 Å². The highest BCUT2D eigenvalue weighted by Crippen LogP contribution is 2.40. The van der Waals surface area contributed by atoms with Crippen LogP contribution in [-0.2, 0) is 0 Å². The Labute approximate surface area is 295 Å². The predicted molar refractivity (Wildman–Crippen MR) is 211 cm³/mol. The average molecular weight is 671 g/mol. The number of rotatable bonds is 4. The largest absolute Gasteiger partial charge is 0.456 e. The first kappa shape index (κ1) is 28.2. The molecule has 238 valence electrons. The van der Waals surface area contributed by atoms with Crippen molar-refractivity contribution in [2.75, 3.05) is 0 Å². The molecule has 0 fully saturated rings. The molecule has 11 aromatic rings. The molecule has 0 bridgehead atoms. The van der Waals surface area contributed by atoms with Crippen LogP contribution >= 0.6 is 11.3 Å². The van der Waals surface area contributed by atoms with Gasteiger partial charge in [-0.05, 0) is 48.5 Å². The number of para-hydroxylation sites is 2. The number of hydrogen-bond acceptors (Lipinski definition) is 5. The highest BCUT2D eigenvalue weighted by atomic mass is 32.1. The predicted octanol–water partition coefficient (Wildman–Crippen LogP) is 12.2. The van der Waals surface area contributed by atoms with E-state index < -0.39 is 0 Å². The molecule has 0 amide bonds. The molecule has 0 aliphatic heterocycles. The standard InChI is InChI=1S/C45H26N4OS/c1-3-11-27(12-4-1)43-46-44(48-45(47-43)29-20-22-34-33-16-8-10-18-41(33)51-42(34)24-29)28-19-21-32-36-25-35-31-15-7-9-17-37(31)49(30-13-5-2-6-14-30)38(35)26-40(36)50-39(32)23-28/h1-26H.